The van der Waals surface area contributed by atoms with E-state index in [1.165, 1.54) is 10.1 Å². The Labute approximate surface area is 66.2 Å². The van der Waals surface area contributed by atoms with Gasteiger partial charge in [-0.1, -0.05) is 0 Å². The zero-order valence-corrected chi connectivity index (χ0v) is 6.52. The van der Waals surface area contributed by atoms with Gasteiger partial charge in [0.15, 0.2) is 0 Å². The van der Waals surface area contributed by atoms with Crippen molar-refractivity contribution in [1.82, 2.24) is 3.93 Å². The summed E-state index contributed by atoms with van der Waals surface area (Å²) in [7, 11) is 0. The molecule has 1 heterocycles. The average molecular weight is 205 g/mol. The first-order valence-corrected chi connectivity index (χ1v) is 3.29. The van der Waals surface area contributed by atoms with Gasteiger partial charge in [0.2, 0.25) is 6.17 Å². The summed E-state index contributed by atoms with van der Waals surface area (Å²) in [5, 5.41) is 8.49. The fraction of sp³-hybridized carbons (Fsp3) is 0.200. The van der Waals surface area contributed by atoms with Gasteiger partial charge in [-0.3, -0.25) is 8.92 Å². The Morgan fingerprint density at radius 1 is 1.80 bits per heavy atom. The van der Waals surface area contributed by atoms with Crippen LogP contribution in [0.25, 0.3) is 0 Å². The summed E-state index contributed by atoms with van der Waals surface area (Å²) in [5.41, 5.74) is 0. The SMILES string of the molecule is O=C(O)C1N=CC=CN1Br. The van der Waals surface area contributed by atoms with E-state index in [0.29, 0.717) is 0 Å². The second-order valence-electron chi connectivity index (χ2n) is 1.70. The van der Waals surface area contributed by atoms with Crippen LogP contribution in [0.15, 0.2) is 17.3 Å². The highest BCUT2D eigenvalue weighted by Gasteiger charge is 2.20. The van der Waals surface area contributed by atoms with Crippen LogP contribution in [0, 0.1) is 0 Å². The summed E-state index contributed by atoms with van der Waals surface area (Å²) < 4.78 is 1.34. The van der Waals surface area contributed by atoms with E-state index in [0.717, 1.165) is 0 Å². The molecular formula is C5H5BrN2O2. The monoisotopic (exact) mass is 204 g/mol. The second kappa shape index (κ2) is 2.83. The van der Waals surface area contributed by atoms with Crippen molar-refractivity contribution in [3.05, 3.63) is 12.3 Å². The molecule has 0 aliphatic carbocycles. The second-order valence-corrected chi connectivity index (χ2v) is 2.51. The molecule has 0 spiro atoms. The maximum Gasteiger partial charge on any atom is 0.350 e. The minimum atomic E-state index is -0.975. The molecule has 0 radical (unpaired) electrons. The van der Waals surface area contributed by atoms with Crippen LogP contribution in [0.4, 0.5) is 0 Å². The van der Waals surface area contributed by atoms with Crippen LogP contribution in [-0.4, -0.2) is 27.4 Å². The van der Waals surface area contributed by atoms with Gasteiger partial charge >= 0.3 is 5.97 Å². The Morgan fingerprint density at radius 3 is 2.90 bits per heavy atom. The van der Waals surface area contributed by atoms with Crippen LogP contribution >= 0.6 is 16.1 Å². The third-order valence-corrected chi connectivity index (χ3v) is 1.62. The standard InChI is InChI=1S/C5H5BrN2O2/c6-8-3-1-2-7-4(8)5(9)10/h1-4H,(H,9,10). The lowest BCUT2D eigenvalue weighted by molar-refractivity contribution is -0.140. The van der Waals surface area contributed by atoms with Gasteiger partial charge in [0.1, 0.15) is 0 Å². The maximum atomic E-state index is 10.3. The molecule has 0 aromatic rings. The highest BCUT2D eigenvalue weighted by Crippen LogP contribution is 2.10. The molecule has 5 heteroatoms. The number of nitrogens with zero attached hydrogens (tertiary/aromatic N) is 2. The van der Waals surface area contributed by atoms with Crippen LogP contribution in [0.3, 0.4) is 0 Å². The molecule has 1 unspecified atom stereocenters. The predicted molar refractivity (Wildman–Crippen MR) is 39.8 cm³/mol. The molecule has 0 bridgehead atoms. The Balaban J connectivity index is 2.70. The third kappa shape index (κ3) is 1.36. The van der Waals surface area contributed by atoms with Crippen LogP contribution in [0.1, 0.15) is 0 Å². The zero-order valence-electron chi connectivity index (χ0n) is 4.94. The van der Waals surface area contributed by atoms with Gasteiger partial charge < -0.3 is 5.11 Å². The number of carboxylic acids is 1. The molecule has 0 amide bonds. The largest absolute Gasteiger partial charge is 0.478 e. The Hall–Kier alpha value is -0.840. The van der Waals surface area contributed by atoms with Crippen molar-refractivity contribution in [2.24, 2.45) is 4.99 Å². The number of hydrogen-bond donors (Lipinski definition) is 1. The maximum absolute atomic E-state index is 10.3. The smallest absolute Gasteiger partial charge is 0.350 e. The number of allylic oxidation sites excluding steroid dienone is 1. The molecule has 0 saturated carbocycles. The molecule has 0 saturated heterocycles. The molecule has 1 aliphatic rings. The molecular weight excluding hydrogens is 200 g/mol. The molecule has 0 fully saturated rings. The molecule has 54 valence electrons. The Morgan fingerprint density at radius 2 is 2.50 bits per heavy atom. The van der Waals surface area contributed by atoms with Crippen molar-refractivity contribution in [3.8, 4) is 0 Å². The van der Waals surface area contributed by atoms with Gasteiger partial charge in [0, 0.05) is 12.4 Å². The van der Waals surface area contributed by atoms with E-state index in [1.54, 1.807) is 12.3 Å². The van der Waals surface area contributed by atoms with E-state index in [-0.39, 0.29) is 0 Å². The van der Waals surface area contributed by atoms with Crippen molar-refractivity contribution < 1.29 is 9.90 Å². The first kappa shape index (κ1) is 7.27. The first-order chi connectivity index (χ1) is 4.72. The van der Waals surface area contributed by atoms with Crippen molar-refractivity contribution in [2.75, 3.05) is 0 Å². The summed E-state index contributed by atoms with van der Waals surface area (Å²) >= 11 is 3.01. The number of aliphatic imine (C=N–C) groups is 1. The molecule has 10 heavy (non-hydrogen) atoms. The predicted octanol–water partition coefficient (Wildman–Crippen LogP) is 0.607. The fourth-order valence-electron chi connectivity index (χ4n) is 0.566. The third-order valence-electron chi connectivity index (χ3n) is 0.996. The minimum absolute atomic E-state index is 0.829. The molecule has 4 nitrogen and oxygen atoms in total. The molecule has 0 aromatic heterocycles. The molecule has 0 aromatic carbocycles. The van der Waals surface area contributed by atoms with E-state index >= 15 is 0 Å². The normalized spacial score (nSPS) is 23.3. The lowest BCUT2D eigenvalue weighted by Crippen LogP contribution is -2.30. The summed E-state index contributed by atoms with van der Waals surface area (Å²) in [5.74, 6) is -0.975. The number of carbonyl (C=O) groups is 1. The number of rotatable bonds is 1. The lowest BCUT2D eigenvalue weighted by Gasteiger charge is -2.17. The topological polar surface area (TPSA) is 52.9 Å². The number of hydrogen-bond acceptors (Lipinski definition) is 3. The van der Waals surface area contributed by atoms with Gasteiger partial charge in [-0.05, 0) is 6.08 Å². The van der Waals surface area contributed by atoms with Crippen LogP contribution in [0.5, 0.6) is 0 Å². The number of aliphatic carboxylic acids is 1. The molecule has 1 rings (SSSR count). The van der Waals surface area contributed by atoms with E-state index < -0.39 is 12.1 Å². The van der Waals surface area contributed by atoms with Gasteiger partial charge in [-0.2, -0.15) is 0 Å². The number of carboxylic acid groups (broad SMARTS) is 1. The van der Waals surface area contributed by atoms with Gasteiger partial charge in [0.05, 0.1) is 16.1 Å². The highest BCUT2D eigenvalue weighted by atomic mass is 79.9. The van der Waals surface area contributed by atoms with Gasteiger partial charge in [0.25, 0.3) is 0 Å². The quantitative estimate of drug-likeness (QED) is 0.638. The molecule has 1 atom stereocenters. The van der Waals surface area contributed by atoms with Crippen molar-refractivity contribution in [1.29, 1.82) is 0 Å². The van der Waals surface area contributed by atoms with Gasteiger partial charge in [-0.15, -0.1) is 0 Å². The highest BCUT2D eigenvalue weighted by molar-refractivity contribution is 9.07. The van der Waals surface area contributed by atoms with E-state index in [4.69, 9.17) is 5.11 Å². The average Bonchev–Trinajstić information content (AvgIpc) is 1.88. The molecule has 1 aliphatic heterocycles. The summed E-state index contributed by atoms with van der Waals surface area (Å²) in [6.45, 7) is 0. The van der Waals surface area contributed by atoms with Crippen LogP contribution < -0.4 is 0 Å². The lowest BCUT2D eigenvalue weighted by atomic mass is 10.4. The summed E-state index contributed by atoms with van der Waals surface area (Å²) in [6.07, 6.45) is 3.86. The first-order valence-electron chi connectivity index (χ1n) is 2.58. The van der Waals surface area contributed by atoms with Gasteiger partial charge in [-0.25, -0.2) is 4.79 Å². The van der Waals surface area contributed by atoms with Crippen molar-refractivity contribution in [2.45, 2.75) is 6.17 Å². The Kier molecular flexibility index (Phi) is 2.06. The van der Waals surface area contributed by atoms with E-state index in [2.05, 4.69) is 21.1 Å². The molecule has 1 N–H and O–H groups in total. The van der Waals surface area contributed by atoms with E-state index in [1.807, 2.05) is 0 Å². The summed E-state index contributed by atoms with van der Waals surface area (Å²) in [4.78, 5) is 14.0. The van der Waals surface area contributed by atoms with Crippen molar-refractivity contribution in [3.63, 3.8) is 0 Å². The van der Waals surface area contributed by atoms with Crippen LogP contribution in [0.2, 0.25) is 0 Å². The fourth-order valence-corrected chi connectivity index (χ4v) is 0.984. The van der Waals surface area contributed by atoms with Crippen molar-refractivity contribution >= 4 is 28.3 Å². The zero-order chi connectivity index (χ0) is 7.56. The minimum Gasteiger partial charge on any atom is -0.478 e. The summed E-state index contributed by atoms with van der Waals surface area (Å²) in [6, 6.07) is 0. The van der Waals surface area contributed by atoms with Crippen LogP contribution in [-0.2, 0) is 4.79 Å². The van der Waals surface area contributed by atoms with E-state index in [9.17, 15) is 4.79 Å². The number of halogens is 1. The Bertz CT molecular complexity index is 202.